The van der Waals surface area contributed by atoms with Crippen molar-refractivity contribution in [2.75, 3.05) is 18.9 Å². The smallest absolute Gasteiger partial charge is 0.253 e. The van der Waals surface area contributed by atoms with Gasteiger partial charge in [0.25, 0.3) is 11.8 Å². The molecule has 3 N–H and O–H groups in total. The Bertz CT molecular complexity index is 1440. The van der Waals surface area contributed by atoms with Gasteiger partial charge in [-0.25, -0.2) is 4.99 Å². The average molecular weight is 523 g/mol. The summed E-state index contributed by atoms with van der Waals surface area (Å²) in [5, 5.41) is 2.89. The molecule has 7 nitrogen and oxygen atoms in total. The van der Waals surface area contributed by atoms with Crippen molar-refractivity contribution in [2.45, 2.75) is 27.2 Å². The van der Waals surface area contributed by atoms with Crippen molar-refractivity contribution in [1.82, 2.24) is 4.90 Å². The lowest BCUT2D eigenvalue weighted by Gasteiger charge is -2.17. The molecule has 0 atom stereocenters. The Morgan fingerprint density at radius 3 is 2.36 bits per heavy atom. The van der Waals surface area contributed by atoms with Crippen LogP contribution in [0.5, 0.6) is 0 Å². The van der Waals surface area contributed by atoms with E-state index >= 15 is 0 Å². The molecule has 39 heavy (non-hydrogen) atoms. The van der Waals surface area contributed by atoms with Crippen molar-refractivity contribution >= 4 is 34.7 Å². The number of hydrogen-bond acceptors (Lipinski definition) is 5. The van der Waals surface area contributed by atoms with Gasteiger partial charge in [0.1, 0.15) is 0 Å². The maximum absolute atomic E-state index is 13.1. The average Bonchev–Trinajstić information content (AvgIpc) is 2.91. The third kappa shape index (κ3) is 7.85. The number of rotatable bonds is 9. The van der Waals surface area contributed by atoms with E-state index < -0.39 is 0 Å². The fourth-order valence-corrected chi connectivity index (χ4v) is 3.96. The lowest BCUT2D eigenvalue weighted by Crippen LogP contribution is -2.29. The number of amides is 2. The van der Waals surface area contributed by atoms with Gasteiger partial charge in [0, 0.05) is 53.7 Å². The van der Waals surface area contributed by atoms with Gasteiger partial charge in [-0.05, 0) is 62.8 Å². The summed E-state index contributed by atoms with van der Waals surface area (Å²) in [6.45, 7) is 9.80. The van der Waals surface area contributed by atoms with E-state index in [9.17, 15) is 14.4 Å². The highest BCUT2D eigenvalue weighted by atomic mass is 16.2. The molecule has 0 spiro atoms. The van der Waals surface area contributed by atoms with E-state index in [2.05, 4.69) is 11.9 Å². The first-order valence-electron chi connectivity index (χ1n) is 12.6. The van der Waals surface area contributed by atoms with Gasteiger partial charge >= 0.3 is 0 Å². The number of carbonyl (C=O) groups excluding carboxylic acids is 3. The fourth-order valence-electron chi connectivity index (χ4n) is 3.96. The number of allylic oxidation sites excluding steroid dienone is 7. The molecule has 2 aromatic carbocycles. The van der Waals surface area contributed by atoms with Gasteiger partial charge in [-0.3, -0.25) is 14.4 Å². The molecule has 1 aliphatic carbocycles. The van der Waals surface area contributed by atoms with Crippen molar-refractivity contribution in [2.24, 2.45) is 10.7 Å². The van der Waals surface area contributed by atoms with E-state index in [-0.39, 0.29) is 30.6 Å². The van der Waals surface area contributed by atoms with Crippen molar-refractivity contribution in [3.63, 3.8) is 0 Å². The molecule has 3 rings (SSSR count). The van der Waals surface area contributed by atoms with Gasteiger partial charge < -0.3 is 16.0 Å². The number of aryl methyl sites for hydroxylation is 1. The highest BCUT2D eigenvalue weighted by Crippen LogP contribution is 2.23. The lowest BCUT2D eigenvalue weighted by molar-refractivity contribution is -0.115. The maximum atomic E-state index is 13.1. The molecular formula is C32H34N4O3. The number of benzene rings is 2. The SMILES string of the molecule is C=C(N=C1C=CC=C/C1=C(/C)C(=O)Nc1ccc(C(=O)N(C)CCC(=O)/C=C(/C)N)cc1)c1ccccc1C. The molecule has 0 saturated heterocycles. The molecule has 0 aliphatic heterocycles. The molecule has 2 amide bonds. The van der Waals surface area contributed by atoms with E-state index in [1.807, 2.05) is 55.5 Å². The van der Waals surface area contributed by atoms with Crippen LogP contribution in [0.1, 0.15) is 41.8 Å². The van der Waals surface area contributed by atoms with Crippen molar-refractivity contribution in [3.05, 3.63) is 119 Å². The zero-order chi connectivity index (χ0) is 28.5. The van der Waals surface area contributed by atoms with Crippen molar-refractivity contribution in [3.8, 4) is 0 Å². The number of nitrogens with zero attached hydrogens (tertiary/aromatic N) is 2. The molecule has 0 saturated carbocycles. The summed E-state index contributed by atoms with van der Waals surface area (Å²) >= 11 is 0. The molecule has 1 aliphatic rings. The van der Waals surface area contributed by atoms with Crippen LogP contribution in [0, 0.1) is 6.92 Å². The van der Waals surface area contributed by atoms with Gasteiger partial charge in [-0.15, -0.1) is 0 Å². The molecule has 0 radical (unpaired) electrons. The molecule has 2 aromatic rings. The van der Waals surface area contributed by atoms with E-state index in [0.29, 0.717) is 39.5 Å². The first kappa shape index (κ1) is 28.8. The number of nitrogens with one attached hydrogen (secondary N) is 1. The summed E-state index contributed by atoms with van der Waals surface area (Å²) in [4.78, 5) is 43.8. The first-order chi connectivity index (χ1) is 18.6. The zero-order valence-electron chi connectivity index (χ0n) is 22.8. The predicted molar refractivity (Wildman–Crippen MR) is 158 cm³/mol. The Morgan fingerprint density at radius 2 is 1.69 bits per heavy atom. The standard InChI is InChI=1S/C32H34N4O3/c1-21-10-6-7-11-28(21)24(4)34-30-13-9-8-12-29(30)23(3)31(38)35-26-16-14-25(15-17-26)32(39)36(5)19-18-27(37)20-22(2)33/h6-17,20H,4,18-19,33H2,1-3,5H3,(H,35,38)/b22-20-,29-23+,34-30?. The Balaban J connectivity index is 1.70. The molecule has 7 heteroatoms. The zero-order valence-corrected chi connectivity index (χ0v) is 22.8. The van der Waals surface area contributed by atoms with Crippen LogP contribution in [0.25, 0.3) is 5.70 Å². The van der Waals surface area contributed by atoms with Crippen molar-refractivity contribution < 1.29 is 14.4 Å². The van der Waals surface area contributed by atoms with Crippen LogP contribution in [0.2, 0.25) is 0 Å². The number of hydrogen-bond donors (Lipinski definition) is 2. The summed E-state index contributed by atoms with van der Waals surface area (Å²) < 4.78 is 0. The number of ketones is 1. The monoisotopic (exact) mass is 522 g/mol. The Morgan fingerprint density at radius 1 is 1.03 bits per heavy atom. The van der Waals surface area contributed by atoms with Crippen LogP contribution in [-0.2, 0) is 9.59 Å². The second-order valence-electron chi connectivity index (χ2n) is 9.38. The highest BCUT2D eigenvalue weighted by Gasteiger charge is 2.17. The maximum Gasteiger partial charge on any atom is 0.253 e. The van der Waals surface area contributed by atoms with Gasteiger partial charge in [0.05, 0.1) is 11.4 Å². The third-order valence-corrected chi connectivity index (χ3v) is 6.18. The minimum atomic E-state index is -0.280. The van der Waals surface area contributed by atoms with E-state index in [1.54, 1.807) is 45.2 Å². The largest absolute Gasteiger partial charge is 0.402 e. The predicted octanol–water partition coefficient (Wildman–Crippen LogP) is 5.38. The normalized spacial score (nSPS) is 15.2. The van der Waals surface area contributed by atoms with Crippen LogP contribution in [-0.4, -0.2) is 41.8 Å². The Hall–Kier alpha value is -4.78. The Labute approximate surface area is 229 Å². The van der Waals surface area contributed by atoms with E-state index in [4.69, 9.17) is 10.7 Å². The summed E-state index contributed by atoms with van der Waals surface area (Å²) in [7, 11) is 1.64. The van der Waals surface area contributed by atoms with Gasteiger partial charge in [0.2, 0.25) is 0 Å². The summed E-state index contributed by atoms with van der Waals surface area (Å²) in [5.74, 6) is -0.633. The van der Waals surface area contributed by atoms with E-state index in [0.717, 1.165) is 11.1 Å². The highest BCUT2D eigenvalue weighted by molar-refractivity contribution is 6.19. The molecular weight excluding hydrogens is 488 g/mol. The van der Waals surface area contributed by atoms with Crippen molar-refractivity contribution in [1.29, 1.82) is 0 Å². The van der Waals surface area contributed by atoms with Crippen LogP contribution in [0.4, 0.5) is 5.69 Å². The first-order valence-corrected chi connectivity index (χ1v) is 12.6. The number of carbonyl (C=O) groups is 3. The fraction of sp³-hybridized carbons (Fsp3) is 0.188. The third-order valence-electron chi connectivity index (χ3n) is 6.18. The molecule has 0 aromatic heterocycles. The molecule has 0 fully saturated rings. The second kappa shape index (κ2) is 13.1. The minimum Gasteiger partial charge on any atom is -0.402 e. The molecule has 0 bridgehead atoms. The Kier molecular flexibility index (Phi) is 9.70. The number of anilines is 1. The molecule has 200 valence electrons. The van der Waals surface area contributed by atoms with E-state index in [1.165, 1.54) is 11.0 Å². The quantitative estimate of drug-likeness (QED) is 0.431. The summed E-state index contributed by atoms with van der Waals surface area (Å²) in [6, 6.07) is 14.5. The van der Waals surface area contributed by atoms with Crippen LogP contribution in [0.15, 0.2) is 107 Å². The minimum absolute atomic E-state index is 0.131. The molecule has 0 unspecified atom stereocenters. The topological polar surface area (TPSA) is 105 Å². The van der Waals surface area contributed by atoms with Crippen LogP contribution >= 0.6 is 0 Å². The summed E-state index contributed by atoms with van der Waals surface area (Å²) in [5.41, 5.74) is 11.5. The lowest BCUT2D eigenvalue weighted by atomic mass is 9.98. The van der Waals surface area contributed by atoms with Gasteiger partial charge in [-0.1, -0.05) is 49.1 Å². The van der Waals surface area contributed by atoms with Crippen LogP contribution < -0.4 is 11.1 Å². The van der Waals surface area contributed by atoms with Gasteiger partial charge in [0.15, 0.2) is 5.78 Å². The number of aliphatic imine (C=N–C) groups is 1. The molecule has 0 heterocycles. The second-order valence-corrected chi connectivity index (χ2v) is 9.38. The number of nitrogens with two attached hydrogens (primary N) is 1. The summed E-state index contributed by atoms with van der Waals surface area (Å²) in [6.07, 6.45) is 8.99. The van der Waals surface area contributed by atoms with Gasteiger partial charge in [-0.2, -0.15) is 0 Å². The van der Waals surface area contributed by atoms with Crippen LogP contribution in [0.3, 0.4) is 0 Å².